The van der Waals surface area contributed by atoms with Crippen LogP contribution in [0.4, 0.5) is 5.69 Å². The number of rotatable bonds is 5. The first kappa shape index (κ1) is 18.9. The molecule has 1 atom stereocenters. The van der Waals surface area contributed by atoms with Crippen molar-refractivity contribution in [3.63, 3.8) is 0 Å². The summed E-state index contributed by atoms with van der Waals surface area (Å²) in [6.45, 7) is 3.39. The second-order valence-electron chi connectivity index (χ2n) is 8.10. The first-order valence-corrected chi connectivity index (χ1v) is 11.3. The molecule has 3 saturated heterocycles. The predicted molar refractivity (Wildman–Crippen MR) is 99.9 cm³/mol. The summed E-state index contributed by atoms with van der Waals surface area (Å²) in [6, 6.07) is 0.217. The van der Waals surface area contributed by atoms with Gasteiger partial charge in [0.25, 0.3) is 0 Å². The largest absolute Gasteiger partial charge is 0.387 e. The van der Waals surface area contributed by atoms with Gasteiger partial charge in [0.15, 0.2) is 0 Å². The number of aromatic nitrogens is 2. The highest BCUT2D eigenvalue weighted by Crippen LogP contribution is 2.30. The topological polar surface area (TPSA) is 99.0 Å². The average molecular weight is 398 g/mol. The van der Waals surface area contributed by atoms with E-state index >= 15 is 0 Å². The first-order chi connectivity index (χ1) is 12.7. The zero-order valence-corrected chi connectivity index (χ0v) is 16.4. The highest BCUT2D eigenvalue weighted by molar-refractivity contribution is 7.88. The Morgan fingerprint density at radius 1 is 1.30 bits per heavy atom. The number of nitrogens with zero attached hydrogens (tertiary/aromatic N) is 5. The molecular formula is C17H27N5O4S. The number of sulfonamides is 1. The molecule has 10 heteroatoms. The standard InChI is InChI=1S/C17H27N5O4S/c1-27(25,26)20-6-3-5-17(24,13-20)12-19-9-15(10-19)22-11-14(8-18-22)21-7-2-4-16(21)23/h8,11,15,24H,2-7,9-10,12-13H2,1H3. The lowest BCUT2D eigenvalue weighted by atomic mass is 9.92. The molecule has 1 N–H and O–H groups in total. The monoisotopic (exact) mass is 397 g/mol. The van der Waals surface area contributed by atoms with Crippen LogP contribution in [0.5, 0.6) is 0 Å². The van der Waals surface area contributed by atoms with Crippen LogP contribution in [0.25, 0.3) is 0 Å². The summed E-state index contributed by atoms with van der Waals surface area (Å²) in [5, 5.41) is 15.3. The van der Waals surface area contributed by atoms with Gasteiger partial charge in [-0.1, -0.05) is 0 Å². The molecule has 1 amide bonds. The van der Waals surface area contributed by atoms with Gasteiger partial charge < -0.3 is 10.0 Å². The van der Waals surface area contributed by atoms with Crippen molar-refractivity contribution in [1.29, 1.82) is 0 Å². The third-order valence-electron chi connectivity index (χ3n) is 5.79. The van der Waals surface area contributed by atoms with Crippen molar-refractivity contribution in [2.45, 2.75) is 37.3 Å². The summed E-state index contributed by atoms with van der Waals surface area (Å²) in [7, 11) is -3.28. The van der Waals surface area contributed by atoms with Gasteiger partial charge in [-0.3, -0.25) is 14.4 Å². The van der Waals surface area contributed by atoms with Crippen LogP contribution in [-0.2, 0) is 14.8 Å². The number of carbonyl (C=O) groups is 1. The van der Waals surface area contributed by atoms with Crippen LogP contribution in [0.15, 0.2) is 12.4 Å². The SMILES string of the molecule is CS(=O)(=O)N1CCCC(O)(CN2CC(n3cc(N4CCCC4=O)cn3)C2)C1. The van der Waals surface area contributed by atoms with Crippen LogP contribution in [0.2, 0.25) is 0 Å². The third-order valence-corrected chi connectivity index (χ3v) is 7.04. The number of β-amino-alcohol motifs (C(OH)–C–C–N with tert-alkyl or cyclic N) is 1. The van der Waals surface area contributed by atoms with Gasteiger partial charge in [-0.2, -0.15) is 9.40 Å². The number of aliphatic hydroxyl groups is 1. The van der Waals surface area contributed by atoms with Crippen molar-refractivity contribution in [2.24, 2.45) is 0 Å². The fourth-order valence-electron chi connectivity index (χ4n) is 4.33. The summed E-state index contributed by atoms with van der Waals surface area (Å²) < 4.78 is 26.8. The Bertz CT molecular complexity index is 819. The van der Waals surface area contributed by atoms with E-state index in [0.717, 1.165) is 31.7 Å². The van der Waals surface area contributed by atoms with Crippen LogP contribution in [-0.4, -0.2) is 89.5 Å². The molecule has 150 valence electrons. The Morgan fingerprint density at radius 3 is 2.74 bits per heavy atom. The van der Waals surface area contributed by atoms with E-state index in [0.29, 0.717) is 32.4 Å². The fourth-order valence-corrected chi connectivity index (χ4v) is 5.26. The predicted octanol–water partition coefficient (Wildman–Crippen LogP) is -0.347. The molecule has 3 fully saturated rings. The Kier molecular flexibility index (Phi) is 4.77. The number of likely N-dealkylation sites (tertiary alicyclic amines) is 1. The molecule has 1 unspecified atom stereocenters. The summed E-state index contributed by atoms with van der Waals surface area (Å²) >= 11 is 0. The van der Waals surface area contributed by atoms with Crippen LogP contribution in [0.1, 0.15) is 31.7 Å². The fraction of sp³-hybridized carbons (Fsp3) is 0.765. The highest BCUT2D eigenvalue weighted by Gasteiger charge is 2.41. The number of amides is 1. The van der Waals surface area contributed by atoms with Crippen molar-refractivity contribution in [2.75, 3.05) is 50.4 Å². The minimum atomic E-state index is -3.28. The highest BCUT2D eigenvalue weighted by atomic mass is 32.2. The maximum Gasteiger partial charge on any atom is 0.227 e. The molecule has 4 rings (SSSR count). The van der Waals surface area contributed by atoms with E-state index in [1.165, 1.54) is 10.6 Å². The maximum absolute atomic E-state index is 11.8. The van der Waals surface area contributed by atoms with Crippen molar-refractivity contribution in [3.05, 3.63) is 12.4 Å². The molecule has 0 radical (unpaired) electrons. The molecule has 0 aliphatic carbocycles. The number of carbonyl (C=O) groups excluding carboxylic acids is 1. The molecule has 1 aromatic heterocycles. The van der Waals surface area contributed by atoms with E-state index in [2.05, 4.69) is 10.00 Å². The van der Waals surface area contributed by atoms with E-state index in [-0.39, 0.29) is 18.5 Å². The van der Waals surface area contributed by atoms with Crippen molar-refractivity contribution in [1.82, 2.24) is 19.0 Å². The van der Waals surface area contributed by atoms with Crippen LogP contribution in [0.3, 0.4) is 0 Å². The maximum atomic E-state index is 11.8. The summed E-state index contributed by atoms with van der Waals surface area (Å²) in [4.78, 5) is 15.8. The van der Waals surface area contributed by atoms with E-state index in [1.807, 2.05) is 10.9 Å². The van der Waals surface area contributed by atoms with Crippen molar-refractivity contribution >= 4 is 21.6 Å². The van der Waals surface area contributed by atoms with Crippen LogP contribution < -0.4 is 4.90 Å². The lowest BCUT2D eigenvalue weighted by Crippen LogP contribution is -2.59. The second-order valence-corrected chi connectivity index (χ2v) is 10.1. The van der Waals surface area contributed by atoms with Gasteiger partial charge in [0.2, 0.25) is 15.9 Å². The molecule has 3 aliphatic rings. The Labute approximate surface area is 159 Å². The molecule has 27 heavy (non-hydrogen) atoms. The van der Waals surface area contributed by atoms with Gasteiger partial charge in [0.1, 0.15) is 0 Å². The van der Waals surface area contributed by atoms with Gasteiger partial charge in [0, 0.05) is 51.9 Å². The quantitative estimate of drug-likeness (QED) is 0.729. The Hall–Kier alpha value is -1.49. The van der Waals surface area contributed by atoms with E-state index in [9.17, 15) is 18.3 Å². The first-order valence-electron chi connectivity index (χ1n) is 9.48. The second kappa shape index (κ2) is 6.84. The molecule has 9 nitrogen and oxygen atoms in total. The number of hydrogen-bond donors (Lipinski definition) is 1. The summed E-state index contributed by atoms with van der Waals surface area (Å²) in [5.41, 5.74) is -0.144. The van der Waals surface area contributed by atoms with Gasteiger partial charge >= 0.3 is 0 Å². The van der Waals surface area contributed by atoms with Crippen molar-refractivity contribution < 1.29 is 18.3 Å². The average Bonchev–Trinajstić information content (AvgIpc) is 3.18. The molecule has 3 aliphatic heterocycles. The lowest BCUT2D eigenvalue weighted by Gasteiger charge is -2.46. The van der Waals surface area contributed by atoms with Gasteiger partial charge in [-0.15, -0.1) is 0 Å². The molecule has 0 saturated carbocycles. The molecular weight excluding hydrogens is 370 g/mol. The zero-order valence-electron chi connectivity index (χ0n) is 15.6. The van der Waals surface area contributed by atoms with Crippen LogP contribution in [0, 0.1) is 0 Å². The van der Waals surface area contributed by atoms with Gasteiger partial charge in [0.05, 0.1) is 29.8 Å². The van der Waals surface area contributed by atoms with Gasteiger partial charge in [-0.25, -0.2) is 8.42 Å². The molecule has 0 bridgehead atoms. The third kappa shape index (κ3) is 3.89. The molecule has 4 heterocycles. The Balaban J connectivity index is 1.32. The van der Waals surface area contributed by atoms with Crippen LogP contribution >= 0.6 is 0 Å². The van der Waals surface area contributed by atoms with Gasteiger partial charge in [-0.05, 0) is 19.3 Å². The lowest BCUT2D eigenvalue weighted by molar-refractivity contribution is -0.117. The van der Waals surface area contributed by atoms with Crippen molar-refractivity contribution in [3.8, 4) is 0 Å². The zero-order chi connectivity index (χ0) is 19.2. The smallest absolute Gasteiger partial charge is 0.227 e. The van der Waals surface area contributed by atoms with E-state index < -0.39 is 15.6 Å². The number of hydrogen-bond acceptors (Lipinski definition) is 6. The summed E-state index contributed by atoms with van der Waals surface area (Å²) in [6.07, 6.45) is 7.64. The molecule has 1 aromatic rings. The molecule has 0 spiro atoms. The van der Waals surface area contributed by atoms with E-state index in [1.54, 1.807) is 11.1 Å². The minimum Gasteiger partial charge on any atom is -0.387 e. The minimum absolute atomic E-state index is 0.153. The summed E-state index contributed by atoms with van der Waals surface area (Å²) in [5.74, 6) is 0.153. The normalized spacial score (nSPS) is 28.7. The molecule has 0 aromatic carbocycles. The van der Waals surface area contributed by atoms with E-state index in [4.69, 9.17) is 0 Å². The number of anilines is 1. The Morgan fingerprint density at radius 2 is 2.07 bits per heavy atom. The number of piperidine rings is 1.